The molecule has 0 aliphatic rings. The molecule has 3 rings (SSSR count). The fraction of sp³-hybridized carbons (Fsp3) is 0.0500. The Morgan fingerprint density at radius 3 is 2.23 bits per heavy atom. The highest BCUT2D eigenvalue weighted by Gasteiger charge is 2.18. The highest BCUT2D eigenvalue weighted by atomic mass is 32.1. The van der Waals surface area contributed by atoms with Gasteiger partial charge in [-0.15, -0.1) is 0 Å². The van der Waals surface area contributed by atoms with Crippen LogP contribution in [-0.4, -0.2) is 21.9 Å². The normalized spacial score (nSPS) is 10.2. The summed E-state index contributed by atoms with van der Waals surface area (Å²) in [7, 11) is 0. The van der Waals surface area contributed by atoms with E-state index < -0.39 is 10.8 Å². The number of nitrogens with one attached hydrogen (secondary N) is 3. The molecule has 0 unspecified atom stereocenters. The van der Waals surface area contributed by atoms with Crippen molar-refractivity contribution >= 4 is 46.2 Å². The molecule has 0 atom stereocenters. The molecule has 0 saturated heterocycles. The molecule has 1 heterocycles. The van der Waals surface area contributed by atoms with Crippen molar-refractivity contribution < 1.29 is 18.9 Å². The molecule has 3 N–H and O–H groups in total. The number of nitro groups is 1. The van der Waals surface area contributed by atoms with Crippen LogP contribution in [0.4, 0.5) is 17.1 Å². The lowest BCUT2D eigenvalue weighted by Gasteiger charge is -2.11. The second-order valence-electron chi connectivity index (χ2n) is 6.12. The van der Waals surface area contributed by atoms with Gasteiger partial charge in [-0.2, -0.15) is 0 Å². The standard InChI is InChI=1S/C20H16N4O5S/c1-12-15(4-2-5-16(12)24(27)28)18(25)23-20(30)22-14-9-7-13(8-10-14)21-19(26)17-6-3-11-29-17/h2-11H,1H3,(H,21,26)(H2,22,23,25,30). The van der Waals surface area contributed by atoms with E-state index in [0.29, 0.717) is 11.4 Å². The summed E-state index contributed by atoms with van der Waals surface area (Å²) in [6, 6.07) is 14.0. The van der Waals surface area contributed by atoms with Gasteiger partial charge < -0.3 is 15.1 Å². The van der Waals surface area contributed by atoms with Crippen LogP contribution in [0, 0.1) is 17.0 Å². The molecule has 152 valence electrons. The lowest BCUT2D eigenvalue weighted by atomic mass is 10.1. The summed E-state index contributed by atoms with van der Waals surface area (Å²) in [6.07, 6.45) is 1.41. The van der Waals surface area contributed by atoms with Gasteiger partial charge in [0.05, 0.1) is 11.2 Å². The Hall–Kier alpha value is -4.05. The number of carbonyl (C=O) groups is 2. The van der Waals surface area contributed by atoms with E-state index in [1.54, 1.807) is 36.4 Å². The maximum atomic E-state index is 12.4. The van der Waals surface area contributed by atoms with Crippen LogP contribution >= 0.6 is 12.2 Å². The molecule has 3 aromatic rings. The molecule has 0 bridgehead atoms. The Labute approximate surface area is 176 Å². The van der Waals surface area contributed by atoms with Crippen LogP contribution in [0.15, 0.2) is 65.3 Å². The molecule has 0 fully saturated rings. The quantitative estimate of drug-likeness (QED) is 0.322. The zero-order valence-corrected chi connectivity index (χ0v) is 16.5. The van der Waals surface area contributed by atoms with Crippen molar-refractivity contribution in [1.82, 2.24) is 5.32 Å². The average molecular weight is 424 g/mol. The summed E-state index contributed by atoms with van der Waals surface area (Å²) in [5.41, 5.74) is 1.38. The van der Waals surface area contributed by atoms with Gasteiger partial charge in [-0.05, 0) is 61.6 Å². The molecule has 2 amide bonds. The van der Waals surface area contributed by atoms with Crippen molar-refractivity contribution in [2.45, 2.75) is 6.92 Å². The second kappa shape index (κ2) is 8.97. The fourth-order valence-electron chi connectivity index (χ4n) is 2.64. The lowest BCUT2D eigenvalue weighted by molar-refractivity contribution is -0.385. The second-order valence-corrected chi connectivity index (χ2v) is 6.53. The SMILES string of the molecule is Cc1c(C(=O)NC(=S)Nc2ccc(NC(=O)c3ccco3)cc2)cccc1[N+](=O)[O-]. The van der Waals surface area contributed by atoms with Gasteiger partial charge in [-0.25, -0.2) is 0 Å². The molecule has 0 radical (unpaired) electrons. The number of hydrogen-bond acceptors (Lipinski definition) is 6. The summed E-state index contributed by atoms with van der Waals surface area (Å²) in [4.78, 5) is 34.8. The monoisotopic (exact) mass is 424 g/mol. The molecular weight excluding hydrogens is 408 g/mol. The van der Waals surface area contributed by atoms with Gasteiger partial charge >= 0.3 is 0 Å². The van der Waals surface area contributed by atoms with Crippen molar-refractivity contribution in [3.63, 3.8) is 0 Å². The lowest BCUT2D eigenvalue weighted by Crippen LogP contribution is -2.34. The third-order valence-corrected chi connectivity index (χ3v) is 4.32. The highest BCUT2D eigenvalue weighted by molar-refractivity contribution is 7.80. The van der Waals surface area contributed by atoms with E-state index in [4.69, 9.17) is 16.6 Å². The zero-order valence-electron chi connectivity index (χ0n) is 15.7. The molecule has 0 spiro atoms. The van der Waals surface area contributed by atoms with Gasteiger partial charge in [0.1, 0.15) is 0 Å². The van der Waals surface area contributed by atoms with Gasteiger partial charge in [0.25, 0.3) is 17.5 Å². The number of nitro benzene ring substituents is 1. The largest absolute Gasteiger partial charge is 0.459 e. The topological polar surface area (TPSA) is 127 Å². The smallest absolute Gasteiger partial charge is 0.291 e. The molecule has 0 aliphatic heterocycles. The Kier molecular flexibility index (Phi) is 6.18. The molecule has 0 aliphatic carbocycles. The fourth-order valence-corrected chi connectivity index (χ4v) is 2.85. The molecule has 2 aromatic carbocycles. The third-order valence-electron chi connectivity index (χ3n) is 4.12. The minimum absolute atomic E-state index is 0.0262. The van der Waals surface area contributed by atoms with E-state index in [2.05, 4.69) is 16.0 Å². The van der Waals surface area contributed by atoms with Crippen molar-refractivity contribution in [2.75, 3.05) is 10.6 Å². The van der Waals surface area contributed by atoms with Crippen LogP contribution in [0.5, 0.6) is 0 Å². The number of thiocarbonyl (C=S) groups is 1. The van der Waals surface area contributed by atoms with E-state index in [9.17, 15) is 19.7 Å². The first-order chi connectivity index (χ1) is 14.3. The number of anilines is 2. The summed E-state index contributed by atoms with van der Waals surface area (Å²) in [5, 5.41) is 19.1. The maximum Gasteiger partial charge on any atom is 0.291 e. The third kappa shape index (κ3) is 4.86. The number of rotatable bonds is 5. The predicted octanol–water partition coefficient (Wildman–Crippen LogP) is 3.88. The first-order valence-electron chi connectivity index (χ1n) is 8.66. The minimum atomic E-state index is -0.559. The van der Waals surface area contributed by atoms with Crippen LogP contribution in [-0.2, 0) is 0 Å². The molecular formula is C20H16N4O5S. The maximum absolute atomic E-state index is 12.4. The summed E-state index contributed by atoms with van der Waals surface area (Å²) in [5.74, 6) is -0.746. The summed E-state index contributed by atoms with van der Waals surface area (Å²) in [6.45, 7) is 1.50. The van der Waals surface area contributed by atoms with Gasteiger partial charge in [0.15, 0.2) is 10.9 Å². The minimum Gasteiger partial charge on any atom is -0.459 e. The van der Waals surface area contributed by atoms with Gasteiger partial charge in [-0.3, -0.25) is 25.0 Å². The number of furan rings is 1. The molecule has 1 aromatic heterocycles. The molecule has 30 heavy (non-hydrogen) atoms. The molecule has 0 saturated carbocycles. The van der Waals surface area contributed by atoms with Crippen LogP contribution in [0.1, 0.15) is 26.5 Å². The Bertz CT molecular complexity index is 1110. The molecule has 10 heteroatoms. The number of amides is 2. The van der Waals surface area contributed by atoms with Gasteiger partial charge in [0, 0.05) is 28.6 Å². The van der Waals surface area contributed by atoms with Crippen LogP contribution in [0.2, 0.25) is 0 Å². The van der Waals surface area contributed by atoms with E-state index in [1.165, 1.54) is 31.4 Å². The summed E-state index contributed by atoms with van der Waals surface area (Å²) < 4.78 is 5.03. The van der Waals surface area contributed by atoms with E-state index in [1.807, 2.05) is 0 Å². The van der Waals surface area contributed by atoms with Crippen molar-refractivity contribution in [2.24, 2.45) is 0 Å². The van der Waals surface area contributed by atoms with Crippen molar-refractivity contribution in [3.05, 3.63) is 87.9 Å². The molecule has 9 nitrogen and oxygen atoms in total. The van der Waals surface area contributed by atoms with Crippen LogP contribution in [0.3, 0.4) is 0 Å². The van der Waals surface area contributed by atoms with Gasteiger partial charge in [0.2, 0.25) is 0 Å². The first-order valence-corrected chi connectivity index (χ1v) is 9.07. The van der Waals surface area contributed by atoms with E-state index in [0.717, 1.165) is 0 Å². The van der Waals surface area contributed by atoms with Crippen LogP contribution < -0.4 is 16.0 Å². The van der Waals surface area contributed by atoms with Gasteiger partial charge in [-0.1, -0.05) is 6.07 Å². The average Bonchev–Trinajstić information content (AvgIpc) is 3.24. The van der Waals surface area contributed by atoms with Crippen molar-refractivity contribution in [3.8, 4) is 0 Å². The number of benzene rings is 2. The van der Waals surface area contributed by atoms with E-state index >= 15 is 0 Å². The van der Waals surface area contributed by atoms with E-state index in [-0.39, 0.29) is 33.6 Å². The van der Waals surface area contributed by atoms with Crippen LogP contribution in [0.25, 0.3) is 0 Å². The number of hydrogen-bond donors (Lipinski definition) is 3. The highest BCUT2D eigenvalue weighted by Crippen LogP contribution is 2.21. The zero-order chi connectivity index (χ0) is 21.7. The summed E-state index contributed by atoms with van der Waals surface area (Å²) >= 11 is 5.14. The number of carbonyl (C=O) groups excluding carboxylic acids is 2. The predicted molar refractivity (Wildman–Crippen MR) is 115 cm³/mol. The first kappa shape index (κ1) is 20.7. The van der Waals surface area contributed by atoms with Crippen molar-refractivity contribution in [1.29, 1.82) is 0 Å². The number of nitrogens with zero attached hydrogens (tertiary/aromatic N) is 1. The Morgan fingerprint density at radius 1 is 0.967 bits per heavy atom. The Balaban J connectivity index is 1.60. The Morgan fingerprint density at radius 2 is 1.63 bits per heavy atom.